The van der Waals surface area contributed by atoms with Crippen LogP contribution in [0.4, 0.5) is 0 Å². The van der Waals surface area contributed by atoms with E-state index < -0.39 is 0 Å². The van der Waals surface area contributed by atoms with Gasteiger partial charge in [-0.1, -0.05) is 20.3 Å². The first kappa shape index (κ1) is 14.3. The van der Waals surface area contributed by atoms with Crippen LogP contribution in [0.1, 0.15) is 46.0 Å². The van der Waals surface area contributed by atoms with Gasteiger partial charge in [0.1, 0.15) is 0 Å². The fourth-order valence-electron chi connectivity index (χ4n) is 4.13. The minimum Gasteiger partial charge on any atom is -0.329 e. The summed E-state index contributed by atoms with van der Waals surface area (Å²) < 4.78 is 0. The van der Waals surface area contributed by atoms with E-state index in [4.69, 9.17) is 5.73 Å². The molecule has 3 heteroatoms. The molecule has 2 aliphatic rings. The minimum atomic E-state index is 0.284. The lowest BCUT2D eigenvalue weighted by Crippen LogP contribution is -2.57. The van der Waals surface area contributed by atoms with Gasteiger partial charge in [0.25, 0.3) is 0 Å². The van der Waals surface area contributed by atoms with Gasteiger partial charge in [-0.15, -0.1) is 0 Å². The van der Waals surface area contributed by atoms with E-state index in [2.05, 4.69) is 37.7 Å². The Morgan fingerprint density at radius 1 is 1.28 bits per heavy atom. The molecule has 0 amide bonds. The smallest absolute Gasteiger partial charge is 0.0337 e. The second kappa shape index (κ2) is 5.10. The third-order valence-electron chi connectivity index (χ3n) is 5.25. The van der Waals surface area contributed by atoms with Crippen LogP contribution < -0.4 is 5.73 Å². The molecule has 2 unspecified atom stereocenters. The van der Waals surface area contributed by atoms with E-state index >= 15 is 0 Å². The summed E-state index contributed by atoms with van der Waals surface area (Å²) in [4.78, 5) is 5.08. The minimum absolute atomic E-state index is 0.284. The van der Waals surface area contributed by atoms with Crippen molar-refractivity contribution < 1.29 is 0 Å². The number of hydrogen-bond acceptors (Lipinski definition) is 3. The van der Waals surface area contributed by atoms with Crippen LogP contribution in [-0.2, 0) is 0 Å². The number of likely N-dealkylation sites (N-methyl/N-ethyl adjacent to an activating group) is 1. The zero-order chi connectivity index (χ0) is 13.4. The summed E-state index contributed by atoms with van der Waals surface area (Å²) in [6, 6.07) is 0.721. The maximum absolute atomic E-state index is 6.21. The van der Waals surface area contributed by atoms with Gasteiger partial charge in [0.15, 0.2) is 0 Å². The summed E-state index contributed by atoms with van der Waals surface area (Å²) in [5.41, 5.74) is 6.96. The van der Waals surface area contributed by atoms with Gasteiger partial charge < -0.3 is 10.6 Å². The first-order valence-electron chi connectivity index (χ1n) is 7.50. The van der Waals surface area contributed by atoms with Gasteiger partial charge in [-0.3, -0.25) is 4.90 Å². The number of likely N-dealkylation sites (tertiary alicyclic amines) is 1. The standard InChI is InChI=1S/C15H31N3/c1-14(2)7-5-8-15(11-14,12-16)18-9-6-13(10-18)17(3)4/h13H,5-12,16H2,1-4H3. The summed E-state index contributed by atoms with van der Waals surface area (Å²) in [5, 5.41) is 0. The molecule has 2 N–H and O–H groups in total. The van der Waals surface area contributed by atoms with Crippen molar-refractivity contribution in [3.05, 3.63) is 0 Å². The van der Waals surface area contributed by atoms with Crippen LogP contribution in [0.15, 0.2) is 0 Å². The molecule has 1 heterocycles. The van der Waals surface area contributed by atoms with E-state index in [0.717, 1.165) is 12.6 Å². The molecule has 0 aromatic carbocycles. The van der Waals surface area contributed by atoms with Crippen LogP contribution in [0.25, 0.3) is 0 Å². The van der Waals surface area contributed by atoms with Gasteiger partial charge in [0.2, 0.25) is 0 Å². The fraction of sp³-hybridized carbons (Fsp3) is 1.00. The number of nitrogens with two attached hydrogens (primary N) is 1. The van der Waals surface area contributed by atoms with Crippen molar-refractivity contribution in [2.24, 2.45) is 11.1 Å². The summed E-state index contributed by atoms with van der Waals surface area (Å²) in [5.74, 6) is 0. The monoisotopic (exact) mass is 253 g/mol. The molecule has 1 saturated carbocycles. The summed E-state index contributed by atoms with van der Waals surface area (Å²) in [7, 11) is 4.40. The summed E-state index contributed by atoms with van der Waals surface area (Å²) in [6.07, 6.45) is 6.58. The first-order chi connectivity index (χ1) is 8.38. The molecular formula is C15H31N3. The highest BCUT2D eigenvalue weighted by Gasteiger charge is 2.45. The van der Waals surface area contributed by atoms with Crippen LogP contribution in [0, 0.1) is 5.41 Å². The zero-order valence-electron chi connectivity index (χ0n) is 12.7. The molecule has 3 nitrogen and oxygen atoms in total. The maximum atomic E-state index is 6.21. The molecule has 0 aromatic heterocycles. The van der Waals surface area contributed by atoms with Crippen molar-refractivity contribution in [2.75, 3.05) is 33.7 Å². The van der Waals surface area contributed by atoms with E-state index in [9.17, 15) is 0 Å². The molecule has 1 aliphatic carbocycles. The van der Waals surface area contributed by atoms with Crippen molar-refractivity contribution in [2.45, 2.75) is 57.5 Å². The average molecular weight is 253 g/mol. The summed E-state index contributed by atoms with van der Waals surface area (Å²) >= 11 is 0. The third kappa shape index (κ3) is 2.73. The Kier molecular flexibility index (Phi) is 4.05. The fourth-order valence-corrected chi connectivity index (χ4v) is 4.13. The van der Waals surface area contributed by atoms with Crippen molar-refractivity contribution in [3.63, 3.8) is 0 Å². The molecule has 1 saturated heterocycles. The molecule has 106 valence electrons. The Morgan fingerprint density at radius 2 is 2.00 bits per heavy atom. The van der Waals surface area contributed by atoms with Gasteiger partial charge in [-0.05, 0) is 45.2 Å². The van der Waals surface area contributed by atoms with Crippen LogP contribution >= 0.6 is 0 Å². The van der Waals surface area contributed by atoms with Crippen LogP contribution in [-0.4, -0.2) is 55.1 Å². The lowest BCUT2D eigenvalue weighted by Gasteiger charge is -2.50. The van der Waals surface area contributed by atoms with Crippen LogP contribution in [0.5, 0.6) is 0 Å². The maximum Gasteiger partial charge on any atom is 0.0337 e. The topological polar surface area (TPSA) is 32.5 Å². The van der Waals surface area contributed by atoms with Gasteiger partial charge in [-0.2, -0.15) is 0 Å². The van der Waals surface area contributed by atoms with Gasteiger partial charge >= 0.3 is 0 Å². The molecule has 2 fully saturated rings. The Balaban J connectivity index is 2.09. The third-order valence-corrected chi connectivity index (χ3v) is 5.25. The van der Waals surface area contributed by atoms with Crippen LogP contribution in [0.3, 0.4) is 0 Å². The molecule has 18 heavy (non-hydrogen) atoms. The predicted octanol–water partition coefficient (Wildman–Crippen LogP) is 1.92. The Hall–Kier alpha value is -0.120. The molecule has 2 rings (SSSR count). The molecule has 1 aliphatic heterocycles. The van der Waals surface area contributed by atoms with Crippen LogP contribution in [0.2, 0.25) is 0 Å². The van der Waals surface area contributed by atoms with E-state index in [0.29, 0.717) is 5.41 Å². The highest BCUT2D eigenvalue weighted by molar-refractivity contribution is 5.02. The number of rotatable bonds is 3. The Morgan fingerprint density at radius 3 is 2.50 bits per heavy atom. The molecule has 2 atom stereocenters. The lowest BCUT2D eigenvalue weighted by molar-refractivity contribution is 0.0221. The Bertz CT molecular complexity index is 287. The normalized spacial score (nSPS) is 37.3. The SMILES string of the molecule is CN(C)C1CCN(C2(CN)CCCC(C)(C)C2)C1. The van der Waals surface area contributed by atoms with E-state index in [1.165, 1.54) is 45.2 Å². The van der Waals surface area contributed by atoms with Crippen molar-refractivity contribution in [1.82, 2.24) is 9.80 Å². The highest BCUT2D eigenvalue weighted by atomic mass is 15.3. The van der Waals surface area contributed by atoms with Gasteiger partial charge in [0.05, 0.1) is 0 Å². The van der Waals surface area contributed by atoms with Crippen molar-refractivity contribution in [3.8, 4) is 0 Å². The van der Waals surface area contributed by atoms with E-state index in [-0.39, 0.29) is 5.54 Å². The zero-order valence-corrected chi connectivity index (χ0v) is 12.7. The van der Waals surface area contributed by atoms with Gasteiger partial charge in [-0.25, -0.2) is 0 Å². The van der Waals surface area contributed by atoms with E-state index in [1.807, 2.05) is 0 Å². The molecular weight excluding hydrogens is 222 g/mol. The first-order valence-corrected chi connectivity index (χ1v) is 7.50. The number of nitrogens with zero attached hydrogens (tertiary/aromatic N) is 2. The second-order valence-electron chi connectivity index (χ2n) is 7.48. The van der Waals surface area contributed by atoms with Gasteiger partial charge in [0, 0.05) is 31.2 Å². The molecule has 0 aromatic rings. The predicted molar refractivity (Wildman–Crippen MR) is 77.7 cm³/mol. The number of hydrogen-bond donors (Lipinski definition) is 1. The highest BCUT2D eigenvalue weighted by Crippen LogP contribution is 2.44. The summed E-state index contributed by atoms with van der Waals surface area (Å²) in [6.45, 7) is 8.10. The largest absolute Gasteiger partial charge is 0.329 e. The molecule has 0 bridgehead atoms. The average Bonchev–Trinajstić information content (AvgIpc) is 2.77. The second-order valence-corrected chi connectivity index (χ2v) is 7.48. The van der Waals surface area contributed by atoms with Crippen molar-refractivity contribution >= 4 is 0 Å². The van der Waals surface area contributed by atoms with Crippen molar-refractivity contribution in [1.29, 1.82) is 0 Å². The quantitative estimate of drug-likeness (QED) is 0.834. The van der Waals surface area contributed by atoms with E-state index in [1.54, 1.807) is 0 Å². The Labute approximate surface area is 113 Å². The molecule has 0 radical (unpaired) electrons. The molecule has 0 spiro atoms. The lowest BCUT2D eigenvalue weighted by atomic mass is 9.67.